The number of benzene rings is 1. The summed E-state index contributed by atoms with van der Waals surface area (Å²) < 4.78 is 10.9. The highest BCUT2D eigenvalue weighted by molar-refractivity contribution is 6.30. The molecule has 24 heavy (non-hydrogen) atoms. The van der Waals surface area contributed by atoms with Crippen LogP contribution >= 0.6 is 11.6 Å². The van der Waals surface area contributed by atoms with E-state index in [4.69, 9.17) is 25.9 Å². The summed E-state index contributed by atoms with van der Waals surface area (Å²) in [5.41, 5.74) is 0.837. The number of carboxylic acids is 1. The van der Waals surface area contributed by atoms with Gasteiger partial charge in [-0.1, -0.05) is 23.7 Å². The number of ether oxygens (including phenoxy) is 1. The molecule has 2 heterocycles. The van der Waals surface area contributed by atoms with Crippen molar-refractivity contribution in [1.29, 1.82) is 0 Å². The Bertz CT molecular complexity index is 772. The summed E-state index contributed by atoms with van der Waals surface area (Å²) in [5, 5.41) is 9.54. The number of amides is 1. The number of carbonyl (C=O) groups is 2. The molecule has 3 rings (SSSR count). The molecule has 0 unspecified atom stereocenters. The van der Waals surface area contributed by atoms with Gasteiger partial charge in [-0.3, -0.25) is 4.79 Å². The van der Waals surface area contributed by atoms with Crippen LogP contribution in [0.1, 0.15) is 39.5 Å². The van der Waals surface area contributed by atoms with Crippen LogP contribution in [0.2, 0.25) is 5.02 Å². The van der Waals surface area contributed by atoms with Gasteiger partial charge in [0.05, 0.1) is 24.8 Å². The van der Waals surface area contributed by atoms with Crippen LogP contribution in [0, 0.1) is 0 Å². The summed E-state index contributed by atoms with van der Waals surface area (Å²) in [5.74, 6) is -1.49. The molecule has 126 valence electrons. The topological polar surface area (TPSA) is 80.0 Å². The molecule has 7 heteroatoms. The van der Waals surface area contributed by atoms with Gasteiger partial charge in [-0.05, 0) is 24.6 Å². The van der Waals surface area contributed by atoms with Gasteiger partial charge >= 0.3 is 5.97 Å². The van der Waals surface area contributed by atoms with E-state index in [1.54, 1.807) is 17.0 Å². The van der Waals surface area contributed by atoms with Gasteiger partial charge in [0.2, 0.25) is 0 Å². The summed E-state index contributed by atoms with van der Waals surface area (Å²) in [4.78, 5) is 25.2. The van der Waals surface area contributed by atoms with Crippen molar-refractivity contribution in [3.8, 4) is 0 Å². The number of morpholine rings is 1. The smallest absolute Gasteiger partial charge is 0.338 e. The number of carbonyl (C=O) groups excluding carboxylic acids is 1. The Labute approximate surface area is 143 Å². The summed E-state index contributed by atoms with van der Waals surface area (Å²) in [6.07, 6.45) is 0.771. The van der Waals surface area contributed by atoms with Crippen molar-refractivity contribution in [2.45, 2.75) is 19.1 Å². The van der Waals surface area contributed by atoms with Gasteiger partial charge in [0.25, 0.3) is 5.91 Å². The van der Waals surface area contributed by atoms with Gasteiger partial charge in [0, 0.05) is 11.1 Å². The minimum absolute atomic E-state index is 0.00555. The standard InChI is InChI=1S/C17H16ClNO5/c1-10-8-23-15(11-3-2-4-13(18)5-11)7-19(10)16(20)14-6-12(9-24-14)17(21)22/h2-6,9-10,15H,7-8H2,1H3,(H,21,22)/t10-,15+/m1/s1. The molecule has 1 N–H and O–H groups in total. The Morgan fingerprint density at radius 1 is 1.33 bits per heavy atom. The first-order valence-electron chi connectivity index (χ1n) is 7.45. The van der Waals surface area contributed by atoms with Gasteiger partial charge in [0.1, 0.15) is 12.4 Å². The maximum absolute atomic E-state index is 12.6. The fourth-order valence-corrected chi connectivity index (χ4v) is 2.85. The lowest BCUT2D eigenvalue weighted by Crippen LogP contribution is -2.48. The lowest BCUT2D eigenvalue weighted by atomic mass is 10.1. The molecule has 1 aromatic heterocycles. The Kier molecular flexibility index (Phi) is 4.59. The highest BCUT2D eigenvalue weighted by Gasteiger charge is 2.32. The molecule has 1 aliphatic heterocycles. The van der Waals surface area contributed by atoms with Gasteiger partial charge in [-0.25, -0.2) is 4.79 Å². The number of nitrogens with zero attached hydrogens (tertiary/aromatic N) is 1. The lowest BCUT2D eigenvalue weighted by molar-refractivity contribution is -0.0495. The van der Waals surface area contributed by atoms with Crippen LogP contribution in [0.15, 0.2) is 41.0 Å². The van der Waals surface area contributed by atoms with Crippen LogP contribution in [0.3, 0.4) is 0 Å². The number of hydrogen-bond donors (Lipinski definition) is 1. The van der Waals surface area contributed by atoms with E-state index in [9.17, 15) is 9.59 Å². The fourth-order valence-electron chi connectivity index (χ4n) is 2.65. The molecular formula is C17H16ClNO5. The average Bonchev–Trinajstić information content (AvgIpc) is 3.05. The second-order valence-electron chi connectivity index (χ2n) is 5.69. The molecule has 0 radical (unpaired) electrons. The van der Waals surface area contributed by atoms with Crippen LogP contribution in [-0.4, -0.2) is 41.1 Å². The quantitative estimate of drug-likeness (QED) is 0.920. The van der Waals surface area contributed by atoms with Gasteiger partial charge in [-0.15, -0.1) is 0 Å². The molecule has 0 saturated carbocycles. The average molecular weight is 350 g/mol. The minimum atomic E-state index is -1.13. The zero-order valence-corrected chi connectivity index (χ0v) is 13.7. The largest absolute Gasteiger partial charge is 0.478 e. The van der Waals surface area contributed by atoms with Crippen LogP contribution in [-0.2, 0) is 4.74 Å². The molecule has 0 bridgehead atoms. The summed E-state index contributed by atoms with van der Waals surface area (Å²) in [6.45, 7) is 2.58. The predicted octanol–water partition coefficient (Wildman–Crippen LogP) is 3.23. The maximum Gasteiger partial charge on any atom is 0.338 e. The molecule has 6 nitrogen and oxygen atoms in total. The number of halogens is 1. The summed E-state index contributed by atoms with van der Waals surface area (Å²) in [7, 11) is 0. The highest BCUT2D eigenvalue weighted by atomic mass is 35.5. The van der Waals surface area contributed by atoms with Crippen molar-refractivity contribution in [2.75, 3.05) is 13.2 Å². The molecule has 0 spiro atoms. The third-order valence-corrected chi connectivity index (χ3v) is 4.21. The highest BCUT2D eigenvalue weighted by Crippen LogP contribution is 2.28. The number of aromatic carboxylic acids is 1. The van der Waals surface area contributed by atoms with E-state index >= 15 is 0 Å². The molecule has 0 aliphatic carbocycles. The molecule has 2 aromatic rings. The number of rotatable bonds is 3. The van der Waals surface area contributed by atoms with Crippen LogP contribution in [0.5, 0.6) is 0 Å². The normalized spacial score (nSPS) is 20.8. The fraction of sp³-hybridized carbons (Fsp3) is 0.294. The van der Waals surface area contributed by atoms with Crippen molar-refractivity contribution in [2.24, 2.45) is 0 Å². The maximum atomic E-state index is 12.6. The number of furan rings is 1. The monoisotopic (exact) mass is 349 g/mol. The second kappa shape index (κ2) is 6.67. The van der Waals surface area contributed by atoms with E-state index in [2.05, 4.69) is 0 Å². The van der Waals surface area contributed by atoms with Gasteiger partial charge < -0.3 is 19.2 Å². The van der Waals surface area contributed by atoms with E-state index in [0.29, 0.717) is 18.2 Å². The van der Waals surface area contributed by atoms with E-state index in [1.807, 2.05) is 19.1 Å². The summed E-state index contributed by atoms with van der Waals surface area (Å²) in [6, 6.07) is 8.39. The molecule has 1 aromatic carbocycles. The first-order valence-corrected chi connectivity index (χ1v) is 7.83. The van der Waals surface area contributed by atoms with Crippen molar-refractivity contribution < 1.29 is 23.8 Å². The first-order chi connectivity index (χ1) is 11.5. The third-order valence-electron chi connectivity index (χ3n) is 3.97. The Hall–Kier alpha value is -2.31. The Balaban J connectivity index is 1.80. The van der Waals surface area contributed by atoms with Gasteiger partial charge in [-0.2, -0.15) is 0 Å². The molecule has 1 amide bonds. The number of hydrogen-bond acceptors (Lipinski definition) is 4. The van der Waals surface area contributed by atoms with Crippen LogP contribution in [0.4, 0.5) is 0 Å². The lowest BCUT2D eigenvalue weighted by Gasteiger charge is -2.37. The SMILES string of the molecule is C[C@@H]1CO[C@H](c2cccc(Cl)c2)CN1C(=O)c1cc(C(=O)O)co1. The zero-order valence-electron chi connectivity index (χ0n) is 12.9. The molecule has 2 atom stereocenters. The zero-order chi connectivity index (χ0) is 17.3. The predicted molar refractivity (Wildman–Crippen MR) is 86.3 cm³/mol. The van der Waals surface area contributed by atoms with Crippen molar-refractivity contribution in [3.05, 3.63) is 58.5 Å². The molecular weight excluding hydrogens is 334 g/mol. The second-order valence-corrected chi connectivity index (χ2v) is 6.12. The minimum Gasteiger partial charge on any atom is -0.478 e. The molecule has 1 aliphatic rings. The Morgan fingerprint density at radius 3 is 2.79 bits per heavy atom. The number of carboxylic acid groups (broad SMARTS) is 1. The third kappa shape index (κ3) is 3.29. The van der Waals surface area contributed by atoms with Crippen molar-refractivity contribution >= 4 is 23.5 Å². The van der Waals surface area contributed by atoms with Crippen molar-refractivity contribution in [1.82, 2.24) is 4.90 Å². The van der Waals surface area contributed by atoms with Crippen LogP contribution in [0.25, 0.3) is 0 Å². The first kappa shape index (κ1) is 16.5. The molecule has 1 fully saturated rings. The Morgan fingerprint density at radius 2 is 2.12 bits per heavy atom. The van der Waals surface area contributed by atoms with Gasteiger partial charge in [0.15, 0.2) is 5.76 Å². The summed E-state index contributed by atoms with van der Waals surface area (Å²) >= 11 is 6.01. The van der Waals surface area contributed by atoms with Crippen LogP contribution < -0.4 is 0 Å². The van der Waals surface area contributed by atoms with E-state index < -0.39 is 5.97 Å². The van der Waals surface area contributed by atoms with E-state index in [0.717, 1.165) is 11.8 Å². The van der Waals surface area contributed by atoms with E-state index in [1.165, 1.54) is 6.07 Å². The van der Waals surface area contributed by atoms with E-state index in [-0.39, 0.29) is 29.4 Å². The van der Waals surface area contributed by atoms with Crippen molar-refractivity contribution in [3.63, 3.8) is 0 Å². The molecule has 1 saturated heterocycles.